The average molecular weight is 253 g/mol. The normalized spacial score (nSPS) is 18.9. The van der Waals surface area contributed by atoms with Gasteiger partial charge in [0, 0.05) is 11.9 Å². The van der Waals surface area contributed by atoms with Gasteiger partial charge < -0.3 is 10.4 Å². The summed E-state index contributed by atoms with van der Waals surface area (Å²) in [6, 6.07) is 1.91. The number of hydrogen-bond donors (Lipinski definition) is 2. The lowest BCUT2D eigenvalue weighted by Gasteiger charge is -2.32. The number of aliphatic hydroxyl groups is 1. The number of thioether (sulfide) groups is 1. The number of hydrogen-bond acceptors (Lipinski definition) is 5. The molecule has 0 bridgehead atoms. The molecule has 5 heteroatoms. The Kier molecular flexibility index (Phi) is 4.36. The van der Waals surface area contributed by atoms with E-state index in [-0.39, 0.29) is 12.1 Å². The molecule has 0 saturated heterocycles. The van der Waals surface area contributed by atoms with Gasteiger partial charge in [-0.3, -0.25) is 0 Å². The first-order chi connectivity index (χ1) is 8.30. The molecule has 0 amide bonds. The molecule has 1 aliphatic carbocycles. The minimum atomic E-state index is -0.135. The molecule has 2 rings (SSSR count). The molecular weight excluding hydrogens is 234 g/mol. The molecule has 4 nitrogen and oxygen atoms in total. The van der Waals surface area contributed by atoms with E-state index in [1.165, 1.54) is 12.8 Å². The van der Waals surface area contributed by atoms with Crippen molar-refractivity contribution in [3.05, 3.63) is 18.6 Å². The Morgan fingerprint density at radius 3 is 2.94 bits per heavy atom. The monoisotopic (exact) mass is 253 g/mol. The van der Waals surface area contributed by atoms with E-state index >= 15 is 0 Å². The van der Waals surface area contributed by atoms with E-state index in [1.807, 2.05) is 6.07 Å². The second-order valence-corrected chi connectivity index (χ2v) is 5.45. The molecule has 0 spiro atoms. The van der Waals surface area contributed by atoms with Gasteiger partial charge in [0.05, 0.1) is 17.2 Å². The van der Waals surface area contributed by atoms with Crippen LogP contribution in [0.1, 0.15) is 19.8 Å². The van der Waals surface area contributed by atoms with Crippen molar-refractivity contribution < 1.29 is 5.11 Å². The highest BCUT2D eigenvalue weighted by Crippen LogP contribution is 2.41. The van der Waals surface area contributed by atoms with Crippen LogP contribution in [-0.2, 0) is 0 Å². The minimum Gasteiger partial charge on any atom is -0.394 e. The van der Waals surface area contributed by atoms with Gasteiger partial charge in [-0.2, -0.15) is 0 Å². The fourth-order valence-electron chi connectivity index (χ4n) is 2.10. The molecule has 1 atom stereocenters. The maximum Gasteiger partial charge on any atom is 0.116 e. The van der Waals surface area contributed by atoms with Crippen LogP contribution in [0.25, 0.3) is 0 Å². The molecular formula is C12H19N3OS. The molecule has 0 aliphatic heterocycles. The third-order valence-corrected chi connectivity index (χ3v) is 4.40. The first-order valence-electron chi connectivity index (χ1n) is 6.05. The highest BCUT2D eigenvalue weighted by Gasteiger charge is 2.44. The number of aromatic nitrogens is 2. The first-order valence-corrected chi connectivity index (χ1v) is 7.04. The SMILES string of the molecule is CCNC(CO)(CSc1ccncn1)C1CC1. The van der Waals surface area contributed by atoms with Gasteiger partial charge >= 0.3 is 0 Å². The predicted octanol–water partition coefficient (Wildman–Crippen LogP) is 1.32. The highest BCUT2D eigenvalue weighted by atomic mass is 32.2. The summed E-state index contributed by atoms with van der Waals surface area (Å²) in [5.74, 6) is 1.47. The van der Waals surface area contributed by atoms with E-state index in [2.05, 4.69) is 22.2 Å². The highest BCUT2D eigenvalue weighted by molar-refractivity contribution is 7.99. The summed E-state index contributed by atoms with van der Waals surface area (Å²) < 4.78 is 0. The van der Waals surface area contributed by atoms with Crippen LogP contribution in [0, 0.1) is 5.92 Å². The standard InChI is InChI=1S/C12H19N3OS/c1-2-15-12(7-16,10-3-4-10)8-17-11-5-6-13-9-14-11/h5-6,9-10,15-16H,2-4,7-8H2,1H3. The van der Waals surface area contributed by atoms with Crippen LogP contribution < -0.4 is 5.32 Å². The van der Waals surface area contributed by atoms with Crippen LogP contribution in [0.15, 0.2) is 23.6 Å². The Hall–Kier alpha value is -0.650. The van der Waals surface area contributed by atoms with E-state index in [0.29, 0.717) is 5.92 Å². The van der Waals surface area contributed by atoms with Crippen molar-refractivity contribution >= 4 is 11.8 Å². The Balaban J connectivity index is 1.97. The largest absolute Gasteiger partial charge is 0.394 e. The molecule has 1 aliphatic rings. The fraction of sp³-hybridized carbons (Fsp3) is 0.667. The third-order valence-electron chi connectivity index (χ3n) is 3.20. The summed E-state index contributed by atoms with van der Waals surface area (Å²) in [7, 11) is 0. The van der Waals surface area contributed by atoms with Crippen LogP contribution in [0.3, 0.4) is 0 Å². The van der Waals surface area contributed by atoms with Gasteiger partial charge in [-0.15, -0.1) is 11.8 Å². The van der Waals surface area contributed by atoms with Gasteiger partial charge in [0.25, 0.3) is 0 Å². The lowest BCUT2D eigenvalue weighted by atomic mass is 9.97. The van der Waals surface area contributed by atoms with Gasteiger partial charge in [-0.05, 0) is 31.4 Å². The maximum absolute atomic E-state index is 9.69. The molecule has 0 radical (unpaired) electrons. The van der Waals surface area contributed by atoms with Gasteiger partial charge in [0.15, 0.2) is 0 Å². The van der Waals surface area contributed by atoms with Crippen LogP contribution in [0.5, 0.6) is 0 Å². The number of aliphatic hydroxyl groups excluding tert-OH is 1. The van der Waals surface area contributed by atoms with Gasteiger partial charge in [-0.1, -0.05) is 6.92 Å². The smallest absolute Gasteiger partial charge is 0.116 e. The summed E-state index contributed by atoms with van der Waals surface area (Å²) in [5.41, 5.74) is -0.135. The van der Waals surface area contributed by atoms with E-state index < -0.39 is 0 Å². The quantitative estimate of drug-likeness (QED) is 0.567. The summed E-state index contributed by atoms with van der Waals surface area (Å²) in [5, 5.41) is 14.1. The summed E-state index contributed by atoms with van der Waals surface area (Å²) in [4.78, 5) is 8.10. The number of nitrogens with zero attached hydrogens (tertiary/aromatic N) is 2. The van der Waals surface area contributed by atoms with E-state index in [9.17, 15) is 5.11 Å². The third kappa shape index (κ3) is 3.18. The van der Waals surface area contributed by atoms with Crippen molar-refractivity contribution in [2.24, 2.45) is 5.92 Å². The second-order valence-electron chi connectivity index (χ2n) is 4.46. The van der Waals surface area contributed by atoms with Crippen molar-refractivity contribution in [1.82, 2.24) is 15.3 Å². The summed E-state index contributed by atoms with van der Waals surface area (Å²) in [6.45, 7) is 3.17. The van der Waals surface area contributed by atoms with Crippen molar-refractivity contribution in [3.8, 4) is 0 Å². The van der Waals surface area contributed by atoms with Crippen LogP contribution >= 0.6 is 11.8 Å². The van der Waals surface area contributed by atoms with E-state index in [0.717, 1.165) is 17.3 Å². The Morgan fingerprint density at radius 2 is 2.41 bits per heavy atom. The minimum absolute atomic E-state index is 0.135. The molecule has 1 aromatic heterocycles. The van der Waals surface area contributed by atoms with E-state index in [1.54, 1.807) is 24.3 Å². The van der Waals surface area contributed by atoms with Gasteiger partial charge in [0.2, 0.25) is 0 Å². The molecule has 0 aromatic carbocycles. The van der Waals surface area contributed by atoms with Crippen molar-refractivity contribution in [2.75, 3.05) is 18.9 Å². The van der Waals surface area contributed by atoms with Crippen molar-refractivity contribution in [2.45, 2.75) is 30.3 Å². The Labute approximate surface area is 106 Å². The topological polar surface area (TPSA) is 58.0 Å². The lowest BCUT2D eigenvalue weighted by Crippen LogP contribution is -2.52. The molecule has 1 aromatic rings. The van der Waals surface area contributed by atoms with Crippen molar-refractivity contribution in [3.63, 3.8) is 0 Å². The lowest BCUT2D eigenvalue weighted by molar-refractivity contribution is 0.161. The fourth-order valence-corrected chi connectivity index (χ4v) is 3.21. The predicted molar refractivity (Wildman–Crippen MR) is 69.0 cm³/mol. The van der Waals surface area contributed by atoms with Gasteiger partial charge in [0.1, 0.15) is 6.33 Å². The number of rotatable bonds is 7. The van der Waals surface area contributed by atoms with E-state index in [4.69, 9.17) is 0 Å². The maximum atomic E-state index is 9.69. The molecule has 17 heavy (non-hydrogen) atoms. The Morgan fingerprint density at radius 1 is 1.59 bits per heavy atom. The Bertz CT molecular complexity index is 345. The zero-order chi connectivity index (χ0) is 12.1. The summed E-state index contributed by atoms with van der Waals surface area (Å²) >= 11 is 1.69. The zero-order valence-corrected chi connectivity index (χ0v) is 10.9. The molecule has 2 N–H and O–H groups in total. The van der Waals surface area contributed by atoms with Gasteiger partial charge in [-0.25, -0.2) is 9.97 Å². The van der Waals surface area contributed by atoms with Crippen LogP contribution in [0.2, 0.25) is 0 Å². The molecule has 94 valence electrons. The number of likely N-dealkylation sites (N-methyl/N-ethyl adjacent to an activating group) is 1. The first kappa shape index (κ1) is 12.8. The summed E-state index contributed by atoms with van der Waals surface area (Å²) in [6.07, 6.45) is 5.75. The molecule has 1 heterocycles. The zero-order valence-electron chi connectivity index (χ0n) is 10.1. The van der Waals surface area contributed by atoms with Crippen LogP contribution in [0.4, 0.5) is 0 Å². The average Bonchev–Trinajstić information content (AvgIpc) is 3.20. The molecule has 1 unspecified atom stereocenters. The number of nitrogens with one attached hydrogen (secondary N) is 1. The van der Waals surface area contributed by atoms with Crippen LogP contribution in [-0.4, -0.2) is 39.5 Å². The second kappa shape index (κ2) is 5.80. The van der Waals surface area contributed by atoms with Crippen molar-refractivity contribution in [1.29, 1.82) is 0 Å². The molecule has 1 fully saturated rings. The molecule has 1 saturated carbocycles.